The van der Waals surface area contributed by atoms with E-state index in [4.69, 9.17) is 4.74 Å². The van der Waals surface area contributed by atoms with Crippen molar-refractivity contribution in [2.45, 2.75) is 19.4 Å². The molecule has 1 atom stereocenters. The normalized spacial score (nSPS) is 18.8. The number of hydrogen-bond donors (Lipinski definition) is 2. The fraction of sp³-hybridized carbons (Fsp3) is 0.308. The Morgan fingerprint density at radius 1 is 1.47 bits per heavy atom. The summed E-state index contributed by atoms with van der Waals surface area (Å²) in [6, 6.07) is 5.24. The highest BCUT2D eigenvalue weighted by molar-refractivity contribution is 5.89. The van der Waals surface area contributed by atoms with Gasteiger partial charge in [0.2, 0.25) is 5.56 Å². The average molecular weight is 231 g/mol. The molecule has 2 aromatic rings. The van der Waals surface area contributed by atoms with Crippen LogP contribution in [0.2, 0.25) is 0 Å². The van der Waals surface area contributed by atoms with Gasteiger partial charge in [-0.25, -0.2) is 0 Å². The van der Waals surface area contributed by atoms with Gasteiger partial charge in [0.05, 0.1) is 11.6 Å². The lowest BCUT2D eigenvalue weighted by Crippen LogP contribution is -2.25. The van der Waals surface area contributed by atoms with E-state index in [1.165, 1.54) is 6.07 Å². The molecule has 1 unspecified atom stereocenters. The van der Waals surface area contributed by atoms with Crippen LogP contribution in [0.15, 0.2) is 23.0 Å². The zero-order chi connectivity index (χ0) is 12.0. The molecule has 0 saturated heterocycles. The molecule has 17 heavy (non-hydrogen) atoms. The lowest BCUT2D eigenvalue weighted by Gasteiger charge is -2.23. The molecule has 0 spiro atoms. The molecule has 3 rings (SSSR count). The zero-order valence-electron chi connectivity index (χ0n) is 9.49. The van der Waals surface area contributed by atoms with Crippen LogP contribution in [0.5, 0.6) is 5.75 Å². The third-order valence-corrected chi connectivity index (χ3v) is 3.12. The molecule has 2 N–H and O–H groups in total. The lowest BCUT2D eigenvalue weighted by atomic mass is 9.98. The molecule has 1 aliphatic heterocycles. The minimum Gasteiger partial charge on any atom is -0.490 e. The predicted octanol–water partition coefficient (Wildman–Crippen LogP) is 1.13. The monoisotopic (exact) mass is 231 g/mol. The van der Waals surface area contributed by atoms with Gasteiger partial charge in [0.15, 0.2) is 0 Å². The van der Waals surface area contributed by atoms with Crippen molar-refractivity contribution in [1.29, 1.82) is 0 Å². The molecular weight excluding hydrogens is 218 g/mol. The van der Waals surface area contributed by atoms with Crippen LogP contribution in [0.3, 0.4) is 0 Å². The van der Waals surface area contributed by atoms with Crippen molar-refractivity contribution >= 4 is 10.9 Å². The highest BCUT2D eigenvalue weighted by Gasteiger charge is 2.20. The smallest absolute Gasteiger partial charge is 0.248 e. The number of benzene rings is 1. The summed E-state index contributed by atoms with van der Waals surface area (Å²) in [7, 11) is 0. The number of nitrogens with one attached hydrogen (secondary N) is 1. The van der Waals surface area contributed by atoms with Gasteiger partial charge >= 0.3 is 0 Å². The van der Waals surface area contributed by atoms with Crippen molar-refractivity contribution < 1.29 is 9.84 Å². The number of fused-ring (bicyclic) bond motifs is 3. The zero-order valence-corrected chi connectivity index (χ0v) is 9.49. The minimum absolute atomic E-state index is 0.114. The van der Waals surface area contributed by atoms with Crippen LogP contribution in [0.25, 0.3) is 10.9 Å². The van der Waals surface area contributed by atoms with Crippen LogP contribution in [-0.2, 0) is 6.42 Å². The summed E-state index contributed by atoms with van der Waals surface area (Å²) in [6.07, 6.45) is 0.160. The second kappa shape index (κ2) is 3.60. The Labute approximate surface area is 97.9 Å². The Kier molecular flexibility index (Phi) is 2.19. The molecule has 2 heterocycles. The van der Waals surface area contributed by atoms with Gasteiger partial charge in [-0.05, 0) is 24.1 Å². The largest absolute Gasteiger partial charge is 0.490 e. The first-order valence-electron chi connectivity index (χ1n) is 5.61. The molecule has 0 bridgehead atoms. The Morgan fingerprint density at radius 2 is 2.29 bits per heavy atom. The topological polar surface area (TPSA) is 62.3 Å². The first kappa shape index (κ1) is 10.4. The van der Waals surface area contributed by atoms with E-state index < -0.39 is 6.10 Å². The summed E-state index contributed by atoms with van der Waals surface area (Å²) in [5.74, 6) is 0.784. The van der Waals surface area contributed by atoms with E-state index in [2.05, 4.69) is 4.98 Å². The average Bonchev–Trinajstić information content (AvgIpc) is 2.29. The van der Waals surface area contributed by atoms with E-state index in [0.29, 0.717) is 13.0 Å². The van der Waals surface area contributed by atoms with Crippen molar-refractivity contribution in [1.82, 2.24) is 4.98 Å². The van der Waals surface area contributed by atoms with E-state index in [0.717, 1.165) is 27.8 Å². The van der Waals surface area contributed by atoms with Gasteiger partial charge in [-0.3, -0.25) is 4.79 Å². The Hall–Kier alpha value is -1.81. The van der Waals surface area contributed by atoms with Gasteiger partial charge in [-0.15, -0.1) is 0 Å². The van der Waals surface area contributed by atoms with Crippen LogP contribution in [0.4, 0.5) is 0 Å². The van der Waals surface area contributed by atoms with Crippen molar-refractivity contribution in [3.05, 3.63) is 39.7 Å². The number of aliphatic hydroxyl groups is 1. The fourth-order valence-electron chi connectivity index (χ4n) is 2.36. The van der Waals surface area contributed by atoms with Gasteiger partial charge in [0.1, 0.15) is 12.4 Å². The molecule has 0 saturated carbocycles. The van der Waals surface area contributed by atoms with Crippen molar-refractivity contribution in [2.24, 2.45) is 0 Å². The van der Waals surface area contributed by atoms with Gasteiger partial charge in [0.25, 0.3) is 0 Å². The number of aliphatic hydroxyl groups excluding tert-OH is 1. The summed E-state index contributed by atoms with van der Waals surface area (Å²) in [5.41, 5.74) is 2.69. The molecule has 0 aliphatic carbocycles. The minimum atomic E-state index is -0.442. The third kappa shape index (κ3) is 1.61. The van der Waals surface area contributed by atoms with E-state index >= 15 is 0 Å². The van der Waals surface area contributed by atoms with Gasteiger partial charge in [0, 0.05) is 17.9 Å². The maximum atomic E-state index is 11.3. The van der Waals surface area contributed by atoms with Gasteiger partial charge in [-0.1, -0.05) is 6.07 Å². The third-order valence-electron chi connectivity index (χ3n) is 3.12. The van der Waals surface area contributed by atoms with Crippen molar-refractivity contribution in [3.8, 4) is 5.75 Å². The number of aryl methyl sites for hydroxylation is 1. The van der Waals surface area contributed by atoms with Gasteiger partial charge < -0.3 is 14.8 Å². The number of pyridine rings is 1. The molecule has 0 fully saturated rings. The highest BCUT2D eigenvalue weighted by atomic mass is 16.5. The summed E-state index contributed by atoms with van der Waals surface area (Å²) in [6.45, 7) is 2.25. The molecular formula is C13H13NO3. The fourth-order valence-corrected chi connectivity index (χ4v) is 2.36. The molecule has 0 radical (unpaired) electrons. The maximum absolute atomic E-state index is 11.3. The number of aromatic amines is 1. The highest BCUT2D eigenvalue weighted by Crippen LogP contribution is 2.34. The summed E-state index contributed by atoms with van der Waals surface area (Å²) >= 11 is 0. The number of aromatic nitrogens is 1. The van der Waals surface area contributed by atoms with Gasteiger partial charge in [-0.2, -0.15) is 0 Å². The van der Waals surface area contributed by atoms with Crippen LogP contribution in [0, 0.1) is 6.92 Å². The van der Waals surface area contributed by atoms with E-state index in [1.807, 2.05) is 13.0 Å². The molecule has 1 aromatic carbocycles. The molecule has 0 amide bonds. The second-order valence-electron chi connectivity index (χ2n) is 4.46. The SMILES string of the molecule is Cc1cc2c(c3ccc(=O)[nH]c13)OCC(O)C2. The summed E-state index contributed by atoms with van der Waals surface area (Å²) in [4.78, 5) is 14.1. The molecule has 1 aromatic heterocycles. The van der Waals surface area contributed by atoms with Crippen LogP contribution < -0.4 is 10.3 Å². The first-order valence-corrected chi connectivity index (χ1v) is 5.61. The Balaban J connectivity index is 2.34. The van der Waals surface area contributed by atoms with Crippen molar-refractivity contribution in [2.75, 3.05) is 6.61 Å². The lowest BCUT2D eigenvalue weighted by molar-refractivity contribution is 0.0932. The first-order chi connectivity index (χ1) is 8.15. The number of hydrogen-bond acceptors (Lipinski definition) is 3. The quantitative estimate of drug-likeness (QED) is 0.714. The Morgan fingerprint density at radius 3 is 3.12 bits per heavy atom. The van der Waals surface area contributed by atoms with Crippen molar-refractivity contribution in [3.63, 3.8) is 0 Å². The number of H-pyrrole nitrogens is 1. The van der Waals surface area contributed by atoms with Crippen LogP contribution >= 0.6 is 0 Å². The maximum Gasteiger partial charge on any atom is 0.248 e. The predicted molar refractivity (Wildman–Crippen MR) is 64.5 cm³/mol. The van der Waals surface area contributed by atoms with E-state index in [1.54, 1.807) is 6.07 Å². The standard InChI is InChI=1S/C13H13NO3/c1-7-4-8-5-9(15)6-17-13(8)10-2-3-11(16)14-12(7)10/h2-4,9,15H,5-6H2,1H3,(H,14,16). The Bertz CT molecular complexity index is 645. The number of rotatable bonds is 0. The summed E-state index contributed by atoms with van der Waals surface area (Å²) < 4.78 is 5.57. The van der Waals surface area contributed by atoms with Crippen LogP contribution in [-0.4, -0.2) is 22.8 Å². The summed E-state index contributed by atoms with van der Waals surface area (Å²) in [5, 5.41) is 10.5. The molecule has 88 valence electrons. The number of ether oxygens (including phenoxy) is 1. The second-order valence-corrected chi connectivity index (χ2v) is 4.46. The molecule has 4 heteroatoms. The molecule has 4 nitrogen and oxygen atoms in total. The van der Waals surface area contributed by atoms with E-state index in [-0.39, 0.29) is 5.56 Å². The van der Waals surface area contributed by atoms with Crippen LogP contribution in [0.1, 0.15) is 11.1 Å². The van der Waals surface area contributed by atoms with E-state index in [9.17, 15) is 9.90 Å². The molecule has 1 aliphatic rings.